The number of nitrogens with zero attached hydrogens (tertiary/aromatic N) is 5. The van der Waals surface area contributed by atoms with Crippen LogP contribution < -0.4 is 5.69 Å². The molecule has 0 atom stereocenters. The maximum atomic E-state index is 15.6. The molecule has 7 nitrogen and oxygen atoms in total. The summed E-state index contributed by atoms with van der Waals surface area (Å²) in [6, 6.07) is 16.0. The summed E-state index contributed by atoms with van der Waals surface area (Å²) in [5.74, 6) is 0.276. The molecule has 35 heavy (non-hydrogen) atoms. The summed E-state index contributed by atoms with van der Waals surface area (Å²) in [5.41, 5.74) is 4.23. The Morgan fingerprint density at radius 2 is 1.77 bits per heavy atom. The summed E-state index contributed by atoms with van der Waals surface area (Å²) in [4.78, 5) is 13.4. The predicted octanol–water partition coefficient (Wildman–Crippen LogP) is 5.53. The van der Waals surface area contributed by atoms with Crippen LogP contribution in [0.3, 0.4) is 0 Å². The van der Waals surface area contributed by atoms with Gasteiger partial charge in [0.05, 0.1) is 12.2 Å². The zero-order chi connectivity index (χ0) is 24.2. The summed E-state index contributed by atoms with van der Waals surface area (Å²) in [6.45, 7) is 2.45. The molecule has 2 heterocycles. The lowest BCUT2D eigenvalue weighted by Crippen LogP contribution is -2.30. The van der Waals surface area contributed by atoms with E-state index in [1.807, 2.05) is 48.5 Å². The maximum absolute atomic E-state index is 15.6. The molecule has 4 aromatic rings. The number of hydrogen-bond acceptors (Lipinski definition) is 4. The van der Waals surface area contributed by atoms with Crippen molar-refractivity contribution in [2.75, 3.05) is 0 Å². The SMILES string of the molecule is CCCCc1c(F)n(C2CCCCC2)c(=O)n1Cc1ccc(-c2ccccc2-c2nnn[nH]2)cc1. The molecular weight excluding hydrogens is 443 g/mol. The minimum atomic E-state index is -0.332. The van der Waals surface area contributed by atoms with E-state index >= 15 is 4.39 Å². The third-order valence-electron chi connectivity index (χ3n) is 7.05. The van der Waals surface area contributed by atoms with Crippen LogP contribution in [0.5, 0.6) is 0 Å². The van der Waals surface area contributed by atoms with Gasteiger partial charge in [0, 0.05) is 11.6 Å². The number of imidazole rings is 1. The van der Waals surface area contributed by atoms with Gasteiger partial charge in [-0.2, -0.15) is 4.39 Å². The highest BCUT2D eigenvalue weighted by Gasteiger charge is 2.26. The van der Waals surface area contributed by atoms with Gasteiger partial charge in [0.2, 0.25) is 5.95 Å². The smallest absolute Gasteiger partial charge is 0.289 e. The van der Waals surface area contributed by atoms with E-state index in [1.54, 1.807) is 4.57 Å². The van der Waals surface area contributed by atoms with Crippen LogP contribution in [-0.2, 0) is 13.0 Å². The van der Waals surface area contributed by atoms with Crippen LogP contribution in [0.4, 0.5) is 4.39 Å². The standard InChI is InChI=1S/C27H31FN6O/c1-2-3-13-24-25(28)34(21-9-5-4-6-10-21)27(35)33(24)18-19-14-16-20(17-15-19)22-11-7-8-12-23(22)26-29-31-32-30-26/h7-8,11-12,14-17,21H,2-6,9-10,13,18H2,1H3,(H,29,30,31,32). The second kappa shape index (κ2) is 10.4. The van der Waals surface area contributed by atoms with Gasteiger partial charge in [-0.15, -0.1) is 5.10 Å². The van der Waals surface area contributed by atoms with Crippen molar-refractivity contribution in [2.45, 2.75) is 70.9 Å². The largest absolute Gasteiger partial charge is 0.331 e. The van der Waals surface area contributed by atoms with Crippen molar-refractivity contribution < 1.29 is 4.39 Å². The number of aromatic nitrogens is 6. The van der Waals surface area contributed by atoms with Crippen LogP contribution >= 0.6 is 0 Å². The fraction of sp³-hybridized carbons (Fsp3) is 0.407. The fourth-order valence-corrected chi connectivity index (χ4v) is 5.17. The Morgan fingerprint density at radius 1 is 1.03 bits per heavy atom. The van der Waals surface area contributed by atoms with Gasteiger partial charge in [0.15, 0.2) is 5.82 Å². The van der Waals surface area contributed by atoms with E-state index in [0.717, 1.165) is 60.8 Å². The van der Waals surface area contributed by atoms with E-state index in [4.69, 9.17) is 0 Å². The molecule has 0 spiro atoms. The number of hydrogen-bond donors (Lipinski definition) is 1. The Hall–Kier alpha value is -3.55. The Morgan fingerprint density at radius 3 is 2.46 bits per heavy atom. The van der Waals surface area contributed by atoms with Gasteiger partial charge < -0.3 is 0 Å². The molecule has 8 heteroatoms. The van der Waals surface area contributed by atoms with E-state index in [9.17, 15) is 4.79 Å². The monoisotopic (exact) mass is 474 g/mol. The third kappa shape index (κ3) is 4.70. The van der Waals surface area contributed by atoms with Crippen LogP contribution in [0.2, 0.25) is 0 Å². The van der Waals surface area contributed by atoms with Crippen molar-refractivity contribution in [3.05, 3.63) is 76.2 Å². The van der Waals surface area contributed by atoms with E-state index < -0.39 is 0 Å². The molecule has 0 amide bonds. The lowest BCUT2D eigenvalue weighted by Gasteiger charge is -2.22. The van der Waals surface area contributed by atoms with Crippen molar-refractivity contribution >= 4 is 0 Å². The van der Waals surface area contributed by atoms with Crippen molar-refractivity contribution in [1.82, 2.24) is 29.8 Å². The second-order valence-corrected chi connectivity index (χ2v) is 9.36. The summed E-state index contributed by atoms with van der Waals surface area (Å²) in [7, 11) is 0. The van der Waals surface area contributed by atoms with E-state index in [0.29, 0.717) is 24.5 Å². The molecule has 1 saturated carbocycles. The molecule has 0 aliphatic heterocycles. The van der Waals surface area contributed by atoms with E-state index in [1.165, 1.54) is 11.0 Å². The molecule has 0 unspecified atom stereocenters. The zero-order valence-electron chi connectivity index (χ0n) is 20.1. The van der Waals surface area contributed by atoms with Gasteiger partial charge in [-0.25, -0.2) is 9.89 Å². The Labute approximate surface area is 204 Å². The first-order valence-electron chi connectivity index (χ1n) is 12.6. The number of tetrazole rings is 1. The quantitative estimate of drug-likeness (QED) is 0.364. The van der Waals surface area contributed by atoms with Crippen LogP contribution in [0.1, 0.15) is 69.2 Å². The molecule has 2 aromatic carbocycles. The molecule has 1 aliphatic carbocycles. The van der Waals surface area contributed by atoms with Gasteiger partial charge >= 0.3 is 5.69 Å². The number of benzene rings is 2. The summed E-state index contributed by atoms with van der Waals surface area (Å²) in [6.07, 6.45) is 7.42. The van der Waals surface area contributed by atoms with Crippen molar-refractivity contribution in [2.24, 2.45) is 0 Å². The average Bonchev–Trinajstić information content (AvgIpc) is 3.51. The normalized spacial score (nSPS) is 14.5. The van der Waals surface area contributed by atoms with Gasteiger partial charge in [0.1, 0.15) is 0 Å². The number of H-pyrrole nitrogens is 1. The highest BCUT2D eigenvalue weighted by Crippen LogP contribution is 2.31. The zero-order valence-corrected chi connectivity index (χ0v) is 20.1. The third-order valence-corrected chi connectivity index (χ3v) is 7.05. The van der Waals surface area contributed by atoms with Gasteiger partial charge in [0.25, 0.3) is 0 Å². The number of halogens is 1. The van der Waals surface area contributed by atoms with Crippen molar-refractivity contribution in [3.63, 3.8) is 0 Å². The lowest BCUT2D eigenvalue weighted by atomic mass is 9.95. The number of aromatic amines is 1. The van der Waals surface area contributed by atoms with Crippen LogP contribution in [0.25, 0.3) is 22.5 Å². The van der Waals surface area contributed by atoms with Crippen molar-refractivity contribution in [1.29, 1.82) is 0 Å². The van der Waals surface area contributed by atoms with E-state index in [2.05, 4.69) is 27.5 Å². The second-order valence-electron chi connectivity index (χ2n) is 9.36. The Bertz CT molecular complexity index is 1320. The first-order valence-corrected chi connectivity index (χ1v) is 12.6. The van der Waals surface area contributed by atoms with Crippen molar-refractivity contribution in [3.8, 4) is 22.5 Å². The maximum Gasteiger partial charge on any atom is 0.331 e. The fourth-order valence-electron chi connectivity index (χ4n) is 5.17. The summed E-state index contributed by atoms with van der Waals surface area (Å²) < 4.78 is 18.7. The molecule has 0 radical (unpaired) electrons. The van der Waals surface area contributed by atoms with Gasteiger partial charge in [-0.3, -0.25) is 9.13 Å². The number of unbranched alkanes of at least 4 members (excludes halogenated alkanes) is 1. The Kier molecular flexibility index (Phi) is 6.88. The van der Waals surface area contributed by atoms with E-state index in [-0.39, 0.29) is 17.7 Å². The summed E-state index contributed by atoms with van der Waals surface area (Å²) in [5, 5.41) is 14.2. The minimum absolute atomic E-state index is 0.0256. The van der Waals surface area contributed by atoms with Gasteiger partial charge in [-0.05, 0) is 52.8 Å². The lowest BCUT2D eigenvalue weighted by molar-refractivity contribution is 0.310. The van der Waals surface area contributed by atoms with Crippen LogP contribution in [0.15, 0.2) is 53.3 Å². The van der Waals surface area contributed by atoms with Gasteiger partial charge in [-0.1, -0.05) is 81.1 Å². The molecule has 0 saturated heterocycles. The molecule has 1 N–H and O–H groups in total. The molecule has 2 aromatic heterocycles. The van der Waals surface area contributed by atoms with Crippen LogP contribution in [-0.4, -0.2) is 29.8 Å². The Balaban J connectivity index is 1.45. The topological polar surface area (TPSA) is 81.4 Å². The predicted molar refractivity (Wildman–Crippen MR) is 134 cm³/mol. The average molecular weight is 475 g/mol. The van der Waals surface area contributed by atoms with Crippen LogP contribution in [0, 0.1) is 5.95 Å². The molecule has 182 valence electrons. The molecule has 0 bridgehead atoms. The number of rotatable bonds is 8. The molecule has 5 rings (SSSR count). The molecule has 1 fully saturated rings. The summed E-state index contributed by atoms with van der Waals surface area (Å²) >= 11 is 0. The minimum Gasteiger partial charge on any atom is -0.289 e. The highest BCUT2D eigenvalue weighted by molar-refractivity contribution is 5.80. The highest BCUT2D eigenvalue weighted by atomic mass is 19.1. The molecular formula is C27H31FN6O. The first-order chi connectivity index (χ1) is 17.2. The molecule has 1 aliphatic rings. The first kappa shape index (κ1) is 23.2. The number of nitrogens with one attached hydrogen (secondary N) is 1.